The summed E-state index contributed by atoms with van der Waals surface area (Å²) >= 11 is 5.58. The van der Waals surface area contributed by atoms with Crippen LogP contribution in [0, 0.1) is 0 Å². The minimum atomic E-state index is -2.82. The van der Waals surface area contributed by atoms with E-state index < -0.39 is 24.4 Å². The number of aromatic nitrogens is 1. The van der Waals surface area contributed by atoms with Crippen LogP contribution in [0.25, 0.3) is 0 Å². The smallest absolute Gasteiger partial charge is 0.307 e. The number of carboxylic acids is 1. The van der Waals surface area contributed by atoms with Gasteiger partial charge in [-0.05, 0) is 11.6 Å². The van der Waals surface area contributed by atoms with E-state index in [4.69, 9.17) is 22.4 Å². The van der Waals surface area contributed by atoms with Crippen molar-refractivity contribution in [2.45, 2.75) is 19.4 Å². The fourth-order valence-electron chi connectivity index (χ4n) is 1.36. The van der Waals surface area contributed by atoms with Crippen LogP contribution in [0.2, 0.25) is 5.15 Å². The van der Waals surface area contributed by atoms with Crippen molar-refractivity contribution in [3.05, 3.63) is 28.0 Å². The van der Waals surface area contributed by atoms with Gasteiger partial charge in [-0.15, -0.1) is 0 Å². The number of nitrogens with two attached hydrogens (primary N) is 1. The molecular formula is C9H9ClF2N2O2. The maximum atomic E-state index is 12.7. The van der Waals surface area contributed by atoms with Crippen LogP contribution in [0.1, 0.15) is 23.2 Å². The molecule has 0 unspecified atom stereocenters. The number of halogens is 3. The van der Waals surface area contributed by atoms with E-state index in [1.54, 1.807) is 0 Å². The van der Waals surface area contributed by atoms with E-state index in [9.17, 15) is 13.6 Å². The average Bonchev–Trinajstić information content (AvgIpc) is 2.14. The number of hydrogen-bond donors (Lipinski definition) is 2. The van der Waals surface area contributed by atoms with E-state index in [2.05, 4.69) is 4.98 Å². The Bertz CT molecular complexity index is 413. The molecule has 7 heteroatoms. The van der Waals surface area contributed by atoms with Crippen molar-refractivity contribution in [1.82, 2.24) is 4.98 Å². The largest absolute Gasteiger partial charge is 0.481 e. The highest BCUT2D eigenvalue weighted by Gasteiger charge is 2.20. The molecule has 0 bridgehead atoms. The van der Waals surface area contributed by atoms with Crippen molar-refractivity contribution in [2.24, 2.45) is 5.73 Å². The summed E-state index contributed by atoms with van der Waals surface area (Å²) in [6.45, 7) is -0.215. The summed E-state index contributed by atoms with van der Waals surface area (Å²) in [5.74, 6) is -1.22. The van der Waals surface area contributed by atoms with Crippen LogP contribution in [0.15, 0.2) is 6.07 Å². The first-order valence-electron chi connectivity index (χ1n) is 4.34. The molecule has 88 valence electrons. The molecule has 0 amide bonds. The van der Waals surface area contributed by atoms with Crippen molar-refractivity contribution in [2.75, 3.05) is 0 Å². The Balaban J connectivity index is 3.32. The lowest BCUT2D eigenvalue weighted by atomic mass is 10.0. The molecule has 0 saturated heterocycles. The second kappa shape index (κ2) is 5.18. The quantitative estimate of drug-likeness (QED) is 0.799. The first kappa shape index (κ1) is 12.8. The first-order valence-corrected chi connectivity index (χ1v) is 4.71. The first-order chi connectivity index (χ1) is 7.45. The topological polar surface area (TPSA) is 76.2 Å². The lowest BCUT2D eigenvalue weighted by molar-refractivity contribution is -0.136. The highest BCUT2D eigenvalue weighted by molar-refractivity contribution is 6.29. The lowest BCUT2D eigenvalue weighted by Gasteiger charge is -2.11. The van der Waals surface area contributed by atoms with Gasteiger partial charge in [-0.1, -0.05) is 11.6 Å². The van der Waals surface area contributed by atoms with E-state index in [0.29, 0.717) is 0 Å². The molecule has 16 heavy (non-hydrogen) atoms. The van der Waals surface area contributed by atoms with Crippen LogP contribution in [-0.2, 0) is 17.8 Å². The Morgan fingerprint density at radius 2 is 2.25 bits per heavy atom. The van der Waals surface area contributed by atoms with Crippen LogP contribution in [-0.4, -0.2) is 16.1 Å². The van der Waals surface area contributed by atoms with E-state index in [0.717, 1.165) is 6.07 Å². The number of aliphatic carboxylic acids is 1. The Morgan fingerprint density at radius 1 is 1.62 bits per heavy atom. The van der Waals surface area contributed by atoms with Gasteiger partial charge in [-0.2, -0.15) is 0 Å². The van der Waals surface area contributed by atoms with Crippen LogP contribution in [0.4, 0.5) is 8.78 Å². The van der Waals surface area contributed by atoms with Crippen LogP contribution in [0.5, 0.6) is 0 Å². The number of hydrogen-bond acceptors (Lipinski definition) is 3. The van der Waals surface area contributed by atoms with Crippen LogP contribution in [0.3, 0.4) is 0 Å². The molecule has 0 saturated carbocycles. The van der Waals surface area contributed by atoms with Gasteiger partial charge in [0.25, 0.3) is 6.43 Å². The predicted octanol–water partition coefficient (Wildman–Crippen LogP) is 1.76. The normalized spacial score (nSPS) is 10.8. The summed E-state index contributed by atoms with van der Waals surface area (Å²) in [5.41, 5.74) is 4.70. The second-order valence-corrected chi connectivity index (χ2v) is 3.43. The maximum absolute atomic E-state index is 12.7. The van der Waals surface area contributed by atoms with E-state index in [1.807, 2.05) is 0 Å². The van der Waals surface area contributed by atoms with Crippen molar-refractivity contribution >= 4 is 17.6 Å². The minimum absolute atomic E-state index is 0.0406. The molecule has 1 aromatic rings. The van der Waals surface area contributed by atoms with Crippen molar-refractivity contribution < 1.29 is 18.7 Å². The zero-order valence-electron chi connectivity index (χ0n) is 8.08. The lowest BCUT2D eigenvalue weighted by Crippen LogP contribution is -2.11. The summed E-state index contributed by atoms with van der Waals surface area (Å²) in [6, 6.07) is 1.12. The Hall–Kier alpha value is -1.27. The molecule has 4 nitrogen and oxygen atoms in total. The summed E-state index contributed by atoms with van der Waals surface area (Å²) < 4.78 is 25.5. The molecule has 0 aromatic carbocycles. The molecule has 0 radical (unpaired) electrons. The highest BCUT2D eigenvalue weighted by Crippen LogP contribution is 2.28. The third-order valence-electron chi connectivity index (χ3n) is 1.95. The molecule has 1 rings (SSSR count). The van der Waals surface area contributed by atoms with Gasteiger partial charge in [0.15, 0.2) is 0 Å². The third-order valence-corrected chi connectivity index (χ3v) is 2.14. The number of pyridine rings is 1. The third kappa shape index (κ3) is 2.86. The summed E-state index contributed by atoms with van der Waals surface area (Å²) in [4.78, 5) is 14.2. The average molecular weight is 251 g/mol. The minimum Gasteiger partial charge on any atom is -0.481 e. The van der Waals surface area contributed by atoms with Crippen molar-refractivity contribution in [3.63, 3.8) is 0 Å². The fourth-order valence-corrected chi connectivity index (χ4v) is 1.59. The molecule has 3 N–H and O–H groups in total. The fraction of sp³-hybridized carbons (Fsp3) is 0.333. The predicted molar refractivity (Wildman–Crippen MR) is 53.4 cm³/mol. The Kier molecular flexibility index (Phi) is 4.14. The molecule has 0 aliphatic carbocycles. The molecule has 0 aliphatic heterocycles. The monoisotopic (exact) mass is 250 g/mol. The van der Waals surface area contributed by atoms with Crippen LogP contribution >= 0.6 is 11.6 Å². The zero-order chi connectivity index (χ0) is 12.3. The molecule has 0 atom stereocenters. The number of carbonyl (C=O) groups is 1. The van der Waals surface area contributed by atoms with Gasteiger partial charge in [0.05, 0.1) is 12.1 Å². The number of alkyl halides is 2. The molecule has 0 fully saturated rings. The SMILES string of the molecule is NCc1nc(Cl)cc(CC(=O)O)c1C(F)F. The summed E-state index contributed by atoms with van der Waals surface area (Å²) in [5, 5.41) is 8.55. The Labute approximate surface area is 95.0 Å². The zero-order valence-corrected chi connectivity index (χ0v) is 8.84. The Morgan fingerprint density at radius 3 is 2.69 bits per heavy atom. The standard InChI is InChI=1S/C9H9ClF2N2O2/c10-6-1-4(2-7(15)16)8(9(11)12)5(3-13)14-6/h1,9H,2-3,13H2,(H,15,16). The second-order valence-electron chi connectivity index (χ2n) is 3.04. The van der Waals surface area contributed by atoms with Gasteiger partial charge in [-0.25, -0.2) is 13.8 Å². The van der Waals surface area contributed by atoms with E-state index >= 15 is 0 Å². The molecule has 0 spiro atoms. The van der Waals surface area contributed by atoms with Crippen LogP contribution < -0.4 is 5.73 Å². The summed E-state index contributed by atoms with van der Waals surface area (Å²) in [6.07, 6.45) is -3.35. The molecule has 1 heterocycles. The van der Waals surface area contributed by atoms with Gasteiger partial charge in [0.1, 0.15) is 5.15 Å². The molecule has 1 aromatic heterocycles. The van der Waals surface area contributed by atoms with Gasteiger partial charge in [0, 0.05) is 12.1 Å². The summed E-state index contributed by atoms with van der Waals surface area (Å²) in [7, 11) is 0. The van der Waals surface area contributed by atoms with Gasteiger partial charge < -0.3 is 10.8 Å². The number of rotatable bonds is 4. The highest BCUT2D eigenvalue weighted by atomic mass is 35.5. The molecular weight excluding hydrogens is 242 g/mol. The molecule has 0 aliphatic rings. The van der Waals surface area contributed by atoms with Crippen molar-refractivity contribution in [3.8, 4) is 0 Å². The maximum Gasteiger partial charge on any atom is 0.307 e. The van der Waals surface area contributed by atoms with Crippen molar-refractivity contribution in [1.29, 1.82) is 0 Å². The van der Waals surface area contributed by atoms with Gasteiger partial charge >= 0.3 is 5.97 Å². The van der Waals surface area contributed by atoms with Gasteiger partial charge in [-0.3, -0.25) is 4.79 Å². The number of nitrogens with zero attached hydrogens (tertiary/aromatic N) is 1. The van der Waals surface area contributed by atoms with E-state index in [1.165, 1.54) is 0 Å². The number of carboxylic acid groups (broad SMARTS) is 1. The van der Waals surface area contributed by atoms with E-state index in [-0.39, 0.29) is 23.0 Å². The van der Waals surface area contributed by atoms with Gasteiger partial charge in [0.2, 0.25) is 0 Å².